The summed E-state index contributed by atoms with van der Waals surface area (Å²) < 4.78 is 16.0. The van der Waals surface area contributed by atoms with Crippen LogP contribution >= 0.6 is 11.6 Å². The first-order valence-corrected chi connectivity index (χ1v) is 7.89. The fraction of sp³-hybridized carbons (Fsp3) is 0.167. The lowest BCUT2D eigenvalue weighted by atomic mass is 10.2. The van der Waals surface area contributed by atoms with E-state index in [0.717, 1.165) is 16.9 Å². The summed E-state index contributed by atoms with van der Waals surface area (Å²) in [7, 11) is 0. The molecule has 0 unspecified atom stereocenters. The number of hydrogen-bond acceptors (Lipinski definition) is 6. The van der Waals surface area contributed by atoms with Crippen LogP contribution in [0.1, 0.15) is 23.0 Å². The number of benzene rings is 1. The molecule has 0 spiro atoms. The van der Waals surface area contributed by atoms with Gasteiger partial charge in [0.25, 0.3) is 11.8 Å². The van der Waals surface area contributed by atoms with E-state index < -0.39 is 5.97 Å². The predicted molar refractivity (Wildman–Crippen MR) is 91.8 cm³/mol. The van der Waals surface area contributed by atoms with E-state index >= 15 is 0 Å². The Balaban J connectivity index is 1.58. The number of halogens is 1. The maximum absolute atomic E-state index is 11.8. The van der Waals surface area contributed by atoms with Crippen LogP contribution in [-0.2, 0) is 16.1 Å². The van der Waals surface area contributed by atoms with Crippen molar-refractivity contribution in [1.82, 2.24) is 10.2 Å². The van der Waals surface area contributed by atoms with Crippen LogP contribution in [0.3, 0.4) is 0 Å². The second-order valence-corrected chi connectivity index (χ2v) is 5.76. The Morgan fingerprint density at radius 3 is 2.80 bits per heavy atom. The number of hydrogen-bond donors (Lipinski definition) is 0. The van der Waals surface area contributed by atoms with E-state index in [1.165, 1.54) is 6.08 Å². The average molecular weight is 359 g/mol. The molecular formula is C18H15ClN2O4. The lowest BCUT2D eigenvalue weighted by Gasteiger charge is -1.97. The Morgan fingerprint density at radius 1 is 1.24 bits per heavy atom. The summed E-state index contributed by atoms with van der Waals surface area (Å²) >= 11 is 5.88. The van der Waals surface area contributed by atoms with Crippen molar-refractivity contribution in [2.75, 3.05) is 0 Å². The first kappa shape index (κ1) is 17.0. The molecule has 1 aromatic carbocycles. The van der Waals surface area contributed by atoms with Crippen LogP contribution in [0, 0.1) is 13.8 Å². The highest BCUT2D eigenvalue weighted by Gasteiger charge is 2.15. The normalized spacial score (nSPS) is 11.2. The van der Waals surface area contributed by atoms with Crippen LogP contribution in [-0.4, -0.2) is 16.2 Å². The van der Waals surface area contributed by atoms with E-state index in [1.807, 2.05) is 26.0 Å². The third kappa shape index (κ3) is 4.36. The number of aryl methyl sites for hydroxylation is 2. The monoisotopic (exact) mass is 358 g/mol. The molecule has 25 heavy (non-hydrogen) atoms. The predicted octanol–water partition coefficient (Wildman–Crippen LogP) is 4.36. The third-order valence-electron chi connectivity index (χ3n) is 3.34. The minimum atomic E-state index is -0.518. The van der Waals surface area contributed by atoms with Gasteiger partial charge in [-0.15, -0.1) is 10.2 Å². The highest BCUT2D eigenvalue weighted by molar-refractivity contribution is 6.30. The van der Waals surface area contributed by atoms with E-state index in [2.05, 4.69) is 10.2 Å². The number of carbonyl (C=O) groups excluding carboxylic acids is 1. The summed E-state index contributed by atoms with van der Waals surface area (Å²) in [5.74, 6) is 1.46. The van der Waals surface area contributed by atoms with Crippen LogP contribution in [0.5, 0.6) is 0 Å². The topological polar surface area (TPSA) is 78.4 Å². The van der Waals surface area contributed by atoms with E-state index in [0.29, 0.717) is 16.7 Å². The van der Waals surface area contributed by atoms with Gasteiger partial charge in [0, 0.05) is 11.1 Å². The van der Waals surface area contributed by atoms with E-state index in [9.17, 15) is 4.79 Å². The second kappa shape index (κ2) is 7.36. The maximum atomic E-state index is 11.8. The number of aromatic nitrogens is 2. The summed E-state index contributed by atoms with van der Waals surface area (Å²) in [6, 6.07) is 8.94. The highest BCUT2D eigenvalue weighted by atomic mass is 35.5. The molecule has 128 valence electrons. The summed E-state index contributed by atoms with van der Waals surface area (Å²) in [5, 5.41) is 8.40. The van der Waals surface area contributed by atoms with Crippen molar-refractivity contribution in [3.05, 3.63) is 64.4 Å². The molecule has 0 N–H and O–H groups in total. The summed E-state index contributed by atoms with van der Waals surface area (Å²) in [4.78, 5) is 11.8. The lowest BCUT2D eigenvalue weighted by molar-refractivity contribution is -0.139. The summed E-state index contributed by atoms with van der Waals surface area (Å²) in [5.41, 5.74) is 1.53. The number of carbonyl (C=O) groups is 1. The van der Waals surface area contributed by atoms with Gasteiger partial charge in [0.1, 0.15) is 11.5 Å². The molecule has 0 amide bonds. The number of nitrogens with zero attached hydrogens (tertiary/aromatic N) is 2. The number of esters is 1. The summed E-state index contributed by atoms with van der Waals surface area (Å²) in [6.07, 6.45) is 2.93. The van der Waals surface area contributed by atoms with Crippen molar-refractivity contribution in [2.24, 2.45) is 0 Å². The molecule has 0 aliphatic carbocycles. The molecule has 2 heterocycles. The van der Waals surface area contributed by atoms with Crippen molar-refractivity contribution in [2.45, 2.75) is 20.5 Å². The first-order valence-electron chi connectivity index (χ1n) is 7.51. The number of rotatable bonds is 5. The molecule has 2 aromatic heterocycles. The van der Waals surface area contributed by atoms with Gasteiger partial charge in [-0.05, 0) is 43.7 Å². The zero-order valence-electron chi connectivity index (χ0n) is 13.7. The Labute approximate surface area is 149 Å². The van der Waals surface area contributed by atoms with Crippen molar-refractivity contribution < 1.29 is 18.4 Å². The van der Waals surface area contributed by atoms with Crippen molar-refractivity contribution >= 4 is 23.6 Å². The molecule has 0 saturated carbocycles. The first-order chi connectivity index (χ1) is 12.0. The van der Waals surface area contributed by atoms with Crippen LogP contribution in [0.15, 0.2) is 45.2 Å². The van der Waals surface area contributed by atoms with Gasteiger partial charge < -0.3 is 13.6 Å². The van der Waals surface area contributed by atoms with Gasteiger partial charge in [0.05, 0.1) is 5.56 Å². The fourth-order valence-electron chi connectivity index (χ4n) is 2.22. The van der Waals surface area contributed by atoms with Crippen molar-refractivity contribution in [3.8, 4) is 11.5 Å². The Bertz CT molecular complexity index is 927. The van der Waals surface area contributed by atoms with E-state index in [4.69, 9.17) is 25.2 Å². The molecular weight excluding hydrogens is 344 g/mol. The van der Waals surface area contributed by atoms with Gasteiger partial charge in [-0.1, -0.05) is 23.7 Å². The summed E-state index contributed by atoms with van der Waals surface area (Å²) in [6.45, 7) is 3.54. The number of ether oxygens (including phenoxy) is 1. The quantitative estimate of drug-likeness (QED) is 0.498. The molecule has 3 rings (SSSR count). The molecule has 0 aliphatic rings. The Morgan fingerprint density at radius 2 is 2.08 bits per heavy atom. The van der Waals surface area contributed by atoms with Crippen LogP contribution in [0.25, 0.3) is 17.5 Å². The minimum Gasteiger partial charge on any atom is -0.466 e. The van der Waals surface area contributed by atoms with Gasteiger partial charge in [0.2, 0.25) is 0 Å². The number of furan rings is 1. The molecule has 0 saturated heterocycles. The lowest BCUT2D eigenvalue weighted by Crippen LogP contribution is -2.00. The molecule has 7 heteroatoms. The largest absolute Gasteiger partial charge is 0.466 e. The van der Waals surface area contributed by atoms with E-state index in [1.54, 1.807) is 24.3 Å². The smallest absolute Gasteiger partial charge is 0.331 e. The van der Waals surface area contributed by atoms with Gasteiger partial charge >= 0.3 is 5.97 Å². The zero-order valence-corrected chi connectivity index (χ0v) is 14.4. The molecule has 0 aliphatic heterocycles. The average Bonchev–Trinajstić information content (AvgIpc) is 3.17. The van der Waals surface area contributed by atoms with Crippen LogP contribution < -0.4 is 0 Å². The molecule has 0 bridgehead atoms. The molecule has 3 aromatic rings. The van der Waals surface area contributed by atoms with Crippen molar-refractivity contribution in [1.29, 1.82) is 0 Å². The van der Waals surface area contributed by atoms with Gasteiger partial charge in [-0.25, -0.2) is 4.79 Å². The Hall–Kier alpha value is -2.86. The zero-order chi connectivity index (χ0) is 17.8. The van der Waals surface area contributed by atoms with Gasteiger partial charge in [-0.2, -0.15) is 0 Å². The van der Waals surface area contributed by atoms with Crippen LogP contribution in [0.4, 0.5) is 0 Å². The maximum Gasteiger partial charge on any atom is 0.331 e. The molecule has 0 atom stereocenters. The third-order valence-corrected chi connectivity index (χ3v) is 3.57. The molecule has 0 radical (unpaired) electrons. The van der Waals surface area contributed by atoms with Gasteiger partial charge in [0.15, 0.2) is 6.61 Å². The minimum absolute atomic E-state index is 0.110. The molecule has 6 nitrogen and oxygen atoms in total. The fourth-order valence-corrected chi connectivity index (χ4v) is 2.42. The van der Waals surface area contributed by atoms with Crippen molar-refractivity contribution in [3.63, 3.8) is 0 Å². The van der Waals surface area contributed by atoms with Crippen LogP contribution in [0.2, 0.25) is 5.02 Å². The highest BCUT2D eigenvalue weighted by Crippen LogP contribution is 2.25. The second-order valence-electron chi connectivity index (χ2n) is 5.32. The van der Waals surface area contributed by atoms with E-state index in [-0.39, 0.29) is 12.5 Å². The standard InChI is InChI=1S/C18H15ClN2O4/c1-11-8-15(12(2)24-11)18-21-20-16(25-18)10-23-17(22)7-6-13-4-3-5-14(19)9-13/h3-9H,10H2,1-2H3/b7-6+. The van der Waals surface area contributed by atoms with Gasteiger partial charge in [-0.3, -0.25) is 0 Å². The molecule has 0 fully saturated rings. The Kier molecular flexibility index (Phi) is 5.00. The SMILES string of the molecule is Cc1cc(-c2nnc(COC(=O)/C=C/c3cccc(Cl)c3)o2)c(C)o1.